The quantitative estimate of drug-likeness (QED) is 0.343. The molecule has 0 aliphatic carbocycles. The summed E-state index contributed by atoms with van der Waals surface area (Å²) in [5, 5.41) is 7.44. The summed E-state index contributed by atoms with van der Waals surface area (Å²) < 4.78 is 10.2. The third-order valence-corrected chi connectivity index (χ3v) is 7.09. The molecule has 3 rings (SSSR count). The zero-order chi connectivity index (χ0) is 28.6. The zero-order valence-corrected chi connectivity index (χ0v) is 23.5. The molecule has 10 heteroatoms. The van der Waals surface area contributed by atoms with Crippen LogP contribution in [0.3, 0.4) is 0 Å². The molecule has 0 aliphatic heterocycles. The van der Waals surface area contributed by atoms with Crippen LogP contribution in [0.1, 0.15) is 58.8 Å². The van der Waals surface area contributed by atoms with Crippen molar-refractivity contribution in [1.29, 1.82) is 0 Å². The second kappa shape index (κ2) is 13.1. The van der Waals surface area contributed by atoms with E-state index >= 15 is 0 Å². The average molecular weight is 552 g/mol. The molecule has 0 saturated carbocycles. The zero-order valence-electron chi connectivity index (χ0n) is 22.6. The van der Waals surface area contributed by atoms with Crippen molar-refractivity contribution >= 4 is 40.7 Å². The minimum atomic E-state index is -1.15. The van der Waals surface area contributed by atoms with E-state index in [0.29, 0.717) is 22.6 Å². The van der Waals surface area contributed by atoms with Crippen LogP contribution in [-0.2, 0) is 14.3 Å². The molecule has 3 aromatic rings. The van der Waals surface area contributed by atoms with Gasteiger partial charge in [0, 0.05) is 11.2 Å². The van der Waals surface area contributed by atoms with Crippen LogP contribution in [0.2, 0.25) is 0 Å². The molecule has 1 atom stereocenters. The van der Waals surface area contributed by atoms with Gasteiger partial charge >= 0.3 is 5.97 Å². The van der Waals surface area contributed by atoms with Gasteiger partial charge in [0.15, 0.2) is 0 Å². The van der Waals surface area contributed by atoms with Crippen molar-refractivity contribution in [3.63, 3.8) is 0 Å². The Balaban J connectivity index is 2.12. The number of anilines is 1. The number of rotatable bonds is 11. The van der Waals surface area contributed by atoms with Crippen LogP contribution >= 0.6 is 11.3 Å². The second-order valence-electron chi connectivity index (χ2n) is 9.37. The van der Waals surface area contributed by atoms with Crippen molar-refractivity contribution in [2.24, 2.45) is 0 Å². The van der Waals surface area contributed by atoms with Crippen LogP contribution < -0.4 is 20.3 Å². The molecule has 0 saturated heterocycles. The van der Waals surface area contributed by atoms with Gasteiger partial charge in [-0.1, -0.05) is 31.2 Å². The van der Waals surface area contributed by atoms with Gasteiger partial charge in [-0.05, 0) is 67.6 Å². The summed E-state index contributed by atoms with van der Waals surface area (Å²) in [6, 6.07) is 15.4. The molecule has 3 amide bonds. The number of ether oxygens (including phenoxy) is 2. The Bertz CT molecular complexity index is 1320. The fraction of sp³-hybridized carbons (Fsp3) is 0.310. The third kappa shape index (κ3) is 7.44. The minimum absolute atomic E-state index is 0.203. The Morgan fingerprint density at radius 1 is 1.00 bits per heavy atom. The molecule has 9 nitrogen and oxygen atoms in total. The van der Waals surface area contributed by atoms with Gasteiger partial charge in [0.05, 0.1) is 31.2 Å². The van der Waals surface area contributed by atoms with E-state index in [1.165, 1.54) is 36.5 Å². The predicted octanol–water partition coefficient (Wildman–Crippen LogP) is 4.35. The molecule has 0 spiro atoms. The van der Waals surface area contributed by atoms with E-state index in [1.54, 1.807) is 60.0 Å². The highest BCUT2D eigenvalue weighted by atomic mass is 32.1. The van der Waals surface area contributed by atoms with Gasteiger partial charge in [-0.2, -0.15) is 0 Å². The number of amides is 3. The lowest BCUT2D eigenvalue weighted by Crippen LogP contribution is -2.52. The lowest BCUT2D eigenvalue weighted by atomic mass is 9.98. The van der Waals surface area contributed by atoms with E-state index in [4.69, 9.17) is 9.47 Å². The summed E-state index contributed by atoms with van der Waals surface area (Å²) in [7, 11) is 2.77. The molecule has 1 aromatic heterocycles. The summed E-state index contributed by atoms with van der Waals surface area (Å²) in [5.41, 5.74) is 0.407. The van der Waals surface area contributed by atoms with Crippen molar-refractivity contribution < 1.29 is 28.7 Å². The summed E-state index contributed by atoms with van der Waals surface area (Å²) in [6.07, 6.45) is 0.645. The summed E-state index contributed by atoms with van der Waals surface area (Å²) in [5.74, 6) is -1.49. The first-order chi connectivity index (χ1) is 18.6. The van der Waals surface area contributed by atoms with Gasteiger partial charge in [-0.3, -0.25) is 19.3 Å². The molecule has 0 unspecified atom stereocenters. The number of carbonyl (C=O) groups is 4. The largest absolute Gasteiger partial charge is 0.497 e. The molecule has 39 heavy (non-hydrogen) atoms. The fourth-order valence-electron chi connectivity index (χ4n) is 3.79. The molecule has 1 heterocycles. The Morgan fingerprint density at radius 3 is 2.38 bits per heavy atom. The highest BCUT2D eigenvalue weighted by Gasteiger charge is 2.35. The average Bonchev–Trinajstić information content (AvgIpc) is 3.49. The Hall–Kier alpha value is -4.18. The van der Waals surface area contributed by atoms with Crippen molar-refractivity contribution in [2.75, 3.05) is 25.7 Å². The molecule has 2 N–H and O–H groups in total. The minimum Gasteiger partial charge on any atom is -0.497 e. The van der Waals surface area contributed by atoms with E-state index in [2.05, 4.69) is 10.6 Å². The van der Waals surface area contributed by atoms with E-state index in [-0.39, 0.29) is 17.8 Å². The normalized spacial score (nSPS) is 11.7. The number of benzene rings is 2. The first-order valence-corrected chi connectivity index (χ1v) is 13.3. The van der Waals surface area contributed by atoms with Gasteiger partial charge in [0.2, 0.25) is 11.8 Å². The second-order valence-corrected chi connectivity index (χ2v) is 10.3. The highest BCUT2D eigenvalue weighted by molar-refractivity contribution is 7.12. The highest BCUT2D eigenvalue weighted by Crippen LogP contribution is 2.31. The van der Waals surface area contributed by atoms with Gasteiger partial charge in [0.1, 0.15) is 11.8 Å². The van der Waals surface area contributed by atoms with Crippen LogP contribution in [0.15, 0.2) is 66.0 Å². The predicted molar refractivity (Wildman–Crippen MR) is 150 cm³/mol. The topological polar surface area (TPSA) is 114 Å². The number of hydrogen-bond acceptors (Lipinski definition) is 7. The first-order valence-electron chi connectivity index (χ1n) is 12.4. The SMILES string of the molecule is CCC(C)(C)NC(=O)[C@@H](c1cccc(OC)c1)N(C(=O)CNC(=O)c1cccs1)c1cccc(C(=O)OC)c1. The Kier molecular flexibility index (Phi) is 9.84. The molecule has 0 aliphatic rings. The maximum Gasteiger partial charge on any atom is 0.337 e. The summed E-state index contributed by atoms with van der Waals surface area (Å²) >= 11 is 1.25. The number of methoxy groups -OCH3 is 2. The van der Waals surface area contributed by atoms with Crippen LogP contribution in [0, 0.1) is 0 Å². The lowest BCUT2D eigenvalue weighted by Gasteiger charge is -2.35. The molecule has 2 aromatic carbocycles. The third-order valence-electron chi connectivity index (χ3n) is 6.22. The van der Waals surface area contributed by atoms with Crippen LogP contribution in [0.25, 0.3) is 0 Å². The van der Waals surface area contributed by atoms with E-state index in [1.807, 2.05) is 20.8 Å². The van der Waals surface area contributed by atoms with Crippen LogP contribution in [0.4, 0.5) is 5.69 Å². The van der Waals surface area contributed by atoms with Crippen molar-refractivity contribution in [3.8, 4) is 5.75 Å². The van der Waals surface area contributed by atoms with Gasteiger partial charge < -0.3 is 20.1 Å². The number of thiophene rings is 1. The van der Waals surface area contributed by atoms with E-state index in [9.17, 15) is 19.2 Å². The van der Waals surface area contributed by atoms with Crippen molar-refractivity contribution in [3.05, 3.63) is 82.0 Å². The Labute approximate surface area is 232 Å². The number of esters is 1. The summed E-state index contributed by atoms with van der Waals surface area (Å²) in [4.78, 5) is 54.4. The molecule has 0 fully saturated rings. The van der Waals surface area contributed by atoms with E-state index in [0.717, 1.165) is 0 Å². The standard InChI is InChI=1S/C29H33N3O6S/c1-6-29(2,3)31-27(35)25(19-10-8-13-22(17-19)37-4)32(21-12-7-11-20(16-21)28(36)38-5)24(33)18-30-26(34)23-14-9-15-39-23/h7-17,25H,6,18H2,1-5H3,(H,30,34)(H,31,35)/t25-/m1/s1. The summed E-state index contributed by atoms with van der Waals surface area (Å²) in [6.45, 7) is 5.34. The molecular weight excluding hydrogens is 518 g/mol. The number of nitrogens with one attached hydrogen (secondary N) is 2. The lowest BCUT2D eigenvalue weighted by molar-refractivity contribution is -0.127. The fourth-order valence-corrected chi connectivity index (χ4v) is 4.43. The van der Waals surface area contributed by atoms with E-state index < -0.39 is 35.3 Å². The van der Waals surface area contributed by atoms with Crippen molar-refractivity contribution in [1.82, 2.24) is 10.6 Å². The van der Waals surface area contributed by atoms with Crippen LogP contribution in [0.5, 0.6) is 5.75 Å². The monoisotopic (exact) mass is 551 g/mol. The molecule has 0 bridgehead atoms. The maximum absolute atomic E-state index is 13.9. The first kappa shape index (κ1) is 29.4. The Morgan fingerprint density at radius 2 is 1.74 bits per heavy atom. The number of carbonyl (C=O) groups excluding carboxylic acids is 4. The van der Waals surface area contributed by atoms with Crippen LogP contribution in [-0.4, -0.2) is 50.0 Å². The number of nitrogens with zero attached hydrogens (tertiary/aromatic N) is 1. The van der Waals surface area contributed by atoms with Gasteiger partial charge in [0.25, 0.3) is 5.91 Å². The van der Waals surface area contributed by atoms with Crippen molar-refractivity contribution in [2.45, 2.75) is 38.8 Å². The molecule has 0 radical (unpaired) electrons. The smallest absolute Gasteiger partial charge is 0.337 e. The molecular formula is C29H33N3O6S. The van der Waals surface area contributed by atoms with Gasteiger partial charge in [-0.25, -0.2) is 4.79 Å². The number of hydrogen-bond donors (Lipinski definition) is 2. The van der Waals surface area contributed by atoms with Gasteiger partial charge in [-0.15, -0.1) is 11.3 Å². The maximum atomic E-state index is 13.9. The molecule has 206 valence electrons.